The van der Waals surface area contributed by atoms with Crippen LogP contribution in [0.4, 0.5) is 4.79 Å². The summed E-state index contributed by atoms with van der Waals surface area (Å²) in [5.41, 5.74) is 7.40. The van der Waals surface area contributed by atoms with Gasteiger partial charge in [0.05, 0.1) is 42.1 Å². The molecule has 14 nitrogen and oxygen atoms in total. The third-order valence-corrected chi connectivity index (χ3v) is 13.0. The van der Waals surface area contributed by atoms with Gasteiger partial charge in [0.2, 0.25) is 17.7 Å². The highest BCUT2D eigenvalue weighted by molar-refractivity contribution is 6.06. The number of H-pyrrole nitrogens is 2. The van der Waals surface area contributed by atoms with Crippen molar-refractivity contribution in [3.63, 3.8) is 0 Å². The van der Waals surface area contributed by atoms with Crippen LogP contribution < -0.4 is 15.4 Å². The molecule has 4 aromatic carbocycles. The van der Waals surface area contributed by atoms with E-state index in [-0.39, 0.29) is 41.6 Å². The molecule has 0 radical (unpaired) electrons. The number of carbonyl (C=O) groups is 4. The zero-order chi connectivity index (χ0) is 42.6. The van der Waals surface area contributed by atoms with Gasteiger partial charge in [0, 0.05) is 35.5 Å². The fourth-order valence-electron chi connectivity index (χ4n) is 9.49. The number of hydrogen-bond acceptors (Lipinski definition) is 8. The number of aromatic nitrogens is 4. The highest BCUT2D eigenvalue weighted by atomic mass is 16.5. The van der Waals surface area contributed by atoms with Gasteiger partial charge in [0.15, 0.2) is 0 Å². The number of fused-ring (bicyclic) bond motifs is 6. The van der Waals surface area contributed by atoms with Crippen molar-refractivity contribution < 1.29 is 28.7 Å². The van der Waals surface area contributed by atoms with Gasteiger partial charge in [-0.1, -0.05) is 56.3 Å². The molecule has 0 spiro atoms. The van der Waals surface area contributed by atoms with Crippen molar-refractivity contribution in [3.05, 3.63) is 102 Å². The molecule has 1 aliphatic carbocycles. The quantitative estimate of drug-likeness (QED) is 0.109. The van der Waals surface area contributed by atoms with Crippen LogP contribution in [-0.2, 0) is 25.7 Å². The van der Waals surface area contributed by atoms with Crippen LogP contribution in [0.3, 0.4) is 0 Å². The number of imidazole rings is 2. The van der Waals surface area contributed by atoms with E-state index in [0.29, 0.717) is 19.7 Å². The number of benzene rings is 4. The van der Waals surface area contributed by atoms with Gasteiger partial charge in [0.25, 0.3) is 0 Å². The van der Waals surface area contributed by atoms with Crippen LogP contribution in [0.1, 0.15) is 93.3 Å². The number of aromatic amines is 2. The maximum absolute atomic E-state index is 14.2. The predicted molar refractivity (Wildman–Crippen MR) is 233 cm³/mol. The molecule has 6 aromatic rings. The largest absolute Gasteiger partial charge is 0.488 e. The lowest BCUT2D eigenvalue weighted by atomic mass is 9.92. The van der Waals surface area contributed by atoms with Crippen molar-refractivity contribution in [2.75, 3.05) is 20.2 Å². The number of alkyl carbamates (subject to hydrolysis) is 1. The second-order valence-electron chi connectivity index (χ2n) is 17.4. The average molecular weight is 835 g/mol. The molecule has 0 unspecified atom stereocenters. The number of rotatable bonds is 10. The monoisotopic (exact) mass is 834 g/mol. The van der Waals surface area contributed by atoms with E-state index in [9.17, 15) is 19.2 Å². The molecule has 0 bridgehead atoms. The molecule has 2 saturated heterocycles. The molecular formula is C48H50N8O6. The summed E-state index contributed by atoms with van der Waals surface area (Å²) in [7, 11) is 1.30. The Labute approximate surface area is 358 Å². The van der Waals surface area contributed by atoms with Crippen LogP contribution in [-0.4, -0.2) is 79.8 Å². The summed E-state index contributed by atoms with van der Waals surface area (Å²) in [6, 6.07) is 22.3. The Kier molecular flexibility index (Phi) is 10.2. The van der Waals surface area contributed by atoms with Crippen LogP contribution in [0.5, 0.6) is 5.75 Å². The third kappa shape index (κ3) is 7.20. The van der Waals surface area contributed by atoms with Gasteiger partial charge >= 0.3 is 6.09 Å². The fraction of sp³-hybridized carbons (Fsp3) is 0.375. The maximum atomic E-state index is 14.2. The van der Waals surface area contributed by atoms with Crippen molar-refractivity contribution in [1.29, 1.82) is 0 Å². The zero-order valence-electron chi connectivity index (χ0n) is 35.1. The predicted octanol–water partition coefficient (Wildman–Crippen LogP) is 7.64. The van der Waals surface area contributed by atoms with Crippen molar-refractivity contribution >= 4 is 45.6 Å². The molecule has 4 N–H and O–H groups in total. The van der Waals surface area contributed by atoms with Crippen LogP contribution in [0.2, 0.25) is 0 Å². The van der Waals surface area contributed by atoms with Gasteiger partial charge in [-0.15, -0.1) is 0 Å². The number of carbonyl (C=O) groups excluding carboxylic acids is 4. The first kappa shape index (κ1) is 39.4. The Hall–Kier alpha value is -6.70. The van der Waals surface area contributed by atoms with Gasteiger partial charge in [-0.3, -0.25) is 14.4 Å². The average Bonchev–Trinajstić information content (AvgIpc) is 3.70. The molecule has 14 heteroatoms. The lowest BCUT2D eigenvalue weighted by Crippen LogP contribution is -2.51. The minimum atomic E-state index is -0.748. The van der Waals surface area contributed by atoms with Crippen LogP contribution in [0.15, 0.2) is 79.0 Å². The van der Waals surface area contributed by atoms with Crippen molar-refractivity contribution in [1.82, 2.24) is 40.4 Å². The molecular weight excluding hydrogens is 785 g/mol. The first-order valence-electron chi connectivity index (χ1n) is 21.7. The zero-order valence-corrected chi connectivity index (χ0v) is 35.1. The lowest BCUT2D eigenvalue weighted by Gasteiger charge is -2.29. The summed E-state index contributed by atoms with van der Waals surface area (Å²) in [6.45, 7) is 5.38. The summed E-state index contributed by atoms with van der Waals surface area (Å²) in [4.78, 5) is 73.6. The summed E-state index contributed by atoms with van der Waals surface area (Å²) in [5, 5.41) is 7.82. The van der Waals surface area contributed by atoms with Gasteiger partial charge in [0.1, 0.15) is 36.1 Å². The maximum Gasteiger partial charge on any atom is 0.407 e. The fourth-order valence-corrected chi connectivity index (χ4v) is 9.49. The van der Waals surface area contributed by atoms with Gasteiger partial charge in [-0.25, -0.2) is 14.8 Å². The Morgan fingerprint density at radius 3 is 2.32 bits per heavy atom. The number of likely N-dealkylation sites (tertiary alicyclic amines) is 2. The van der Waals surface area contributed by atoms with Crippen LogP contribution in [0.25, 0.3) is 44.2 Å². The van der Waals surface area contributed by atoms with E-state index in [1.807, 2.05) is 72.3 Å². The van der Waals surface area contributed by atoms with Crippen molar-refractivity contribution in [2.24, 2.45) is 11.8 Å². The number of ether oxygens (including phenoxy) is 2. The summed E-state index contributed by atoms with van der Waals surface area (Å²) in [5.74, 6) is 1.77. The minimum Gasteiger partial charge on any atom is -0.488 e. The van der Waals surface area contributed by atoms with Crippen molar-refractivity contribution in [2.45, 2.75) is 83.1 Å². The summed E-state index contributed by atoms with van der Waals surface area (Å²) in [6.07, 6.45) is 6.14. The topological polar surface area (TPSA) is 175 Å². The second-order valence-corrected chi connectivity index (χ2v) is 17.4. The molecule has 4 aliphatic rings. The minimum absolute atomic E-state index is 0.00978. The van der Waals surface area contributed by atoms with Crippen LogP contribution >= 0.6 is 0 Å². The Morgan fingerprint density at radius 1 is 0.823 bits per heavy atom. The van der Waals surface area contributed by atoms with Gasteiger partial charge in [-0.05, 0) is 96.9 Å². The highest BCUT2D eigenvalue weighted by Crippen LogP contribution is 2.43. The smallest absolute Gasteiger partial charge is 0.407 e. The molecule has 4 amide bonds. The standard InChI is InChI=1S/C48H50N8O6/c1-26(2)40(54-48(60)61-3)46(58)56-20-8-12-38(56)44-50-35-18-16-29-21-33-31(22-34(29)42(35)52-44)25-62-39-23-30(15-17-32(33)39)36-24-49-43(51-36)37-11-7-19-55(37)47(59)41(27-9-5-4-6-10-27)53-45(57)28-13-14-28/h4-6,9-10,15-18,21-24,26,28,37-38,40-41H,7-8,11-14,19-20,25H2,1-3H3,(H,49,51)(H,50,52)(H,53,57)(H,54,60)/t37-,38-,40-,41+/m0/s1. The van der Waals surface area contributed by atoms with E-state index in [2.05, 4.69) is 50.9 Å². The summed E-state index contributed by atoms with van der Waals surface area (Å²) >= 11 is 0. The molecule has 1 saturated carbocycles. The highest BCUT2D eigenvalue weighted by Gasteiger charge is 2.40. The normalized spacial score (nSPS) is 19.2. The number of amides is 4. The lowest BCUT2D eigenvalue weighted by molar-refractivity contribution is -0.138. The molecule has 3 aliphatic heterocycles. The van der Waals surface area contributed by atoms with E-state index in [1.54, 1.807) is 0 Å². The SMILES string of the molecule is COC(=O)N[C@H](C(=O)N1CCC[C@H]1c1nc2c(ccc3cc4c(cc32)COc2cc(-c3cnc([C@@H]5CCCN5C(=O)[C@H](NC(=O)C5CC5)c5ccccc5)[nH]3)ccc2-4)[nH]1)C(C)C. The van der Waals surface area contributed by atoms with Crippen molar-refractivity contribution in [3.8, 4) is 28.1 Å². The molecule has 4 atom stereocenters. The molecule has 3 fully saturated rings. The van der Waals surface area contributed by atoms with Crippen LogP contribution in [0, 0.1) is 11.8 Å². The second kappa shape index (κ2) is 16.0. The molecule has 10 rings (SSSR count). The Balaban J connectivity index is 0.886. The number of nitrogens with zero attached hydrogens (tertiary/aromatic N) is 4. The van der Waals surface area contributed by atoms with E-state index in [1.165, 1.54) is 7.11 Å². The number of hydrogen-bond donors (Lipinski definition) is 4. The summed E-state index contributed by atoms with van der Waals surface area (Å²) < 4.78 is 11.2. The van der Waals surface area contributed by atoms with E-state index < -0.39 is 18.2 Å². The first-order chi connectivity index (χ1) is 30.1. The van der Waals surface area contributed by atoms with Gasteiger partial charge in [-0.2, -0.15) is 0 Å². The Morgan fingerprint density at radius 2 is 1.58 bits per heavy atom. The first-order valence-corrected chi connectivity index (χ1v) is 21.7. The Bertz CT molecular complexity index is 2720. The number of nitrogens with one attached hydrogen (secondary N) is 4. The molecule has 318 valence electrons. The third-order valence-electron chi connectivity index (χ3n) is 13.0. The molecule has 62 heavy (non-hydrogen) atoms. The van der Waals surface area contributed by atoms with Gasteiger partial charge < -0.3 is 39.9 Å². The van der Waals surface area contributed by atoms with E-state index in [0.717, 1.165) is 111 Å². The number of methoxy groups -OCH3 is 1. The van der Waals surface area contributed by atoms with E-state index >= 15 is 0 Å². The van der Waals surface area contributed by atoms with E-state index in [4.69, 9.17) is 19.4 Å². The molecule has 2 aromatic heterocycles. The molecule has 5 heterocycles.